The molecule has 5 nitrogen and oxygen atoms in total. The van der Waals surface area contributed by atoms with Gasteiger partial charge in [0.15, 0.2) is 0 Å². The van der Waals surface area contributed by atoms with Gasteiger partial charge in [-0.2, -0.15) is 0 Å². The highest BCUT2D eigenvalue weighted by molar-refractivity contribution is 5.88. The maximum atomic E-state index is 12.8. The summed E-state index contributed by atoms with van der Waals surface area (Å²) in [6, 6.07) is 17.4. The zero-order valence-corrected chi connectivity index (χ0v) is 18.5. The van der Waals surface area contributed by atoms with E-state index < -0.39 is 6.04 Å². The number of nitrogens with one attached hydrogen (secondary N) is 1. The lowest BCUT2D eigenvalue weighted by atomic mass is 9.98. The van der Waals surface area contributed by atoms with Crippen LogP contribution in [0.5, 0.6) is 0 Å². The highest BCUT2D eigenvalue weighted by Crippen LogP contribution is 2.22. The molecule has 0 spiro atoms. The number of hydrogen-bond donors (Lipinski definition) is 2. The van der Waals surface area contributed by atoms with Gasteiger partial charge in [0.1, 0.15) is 0 Å². The second-order valence-electron chi connectivity index (χ2n) is 8.37. The predicted octanol–water partition coefficient (Wildman–Crippen LogP) is 3.58. The summed E-state index contributed by atoms with van der Waals surface area (Å²) >= 11 is 0. The quantitative estimate of drug-likeness (QED) is 0.610. The minimum atomic E-state index is -0.554. The van der Waals surface area contributed by atoms with Gasteiger partial charge in [0.25, 0.3) is 0 Å². The van der Waals surface area contributed by atoms with Crippen molar-refractivity contribution in [2.24, 2.45) is 11.7 Å². The third kappa shape index (κ3) is 6.28. The number of aryl methyl sites for hydroxylation is 1. The third-order valence-corrected chi connectivity index (χ3v) is 6.10. The summed E-state index contributed by atoms with van der Waals surface area (Å²) in [7, 11) is 0. The van der Waals surface area contributed by atoms with Crippen LogP contribution >= 0.6 is 0 Å². The molecule has 3 N–H and O–H groups in total. The number of nitrogens with zero attached hydrogens (tertiary/aromatic N) is 1. The van der Waals surface area contributed by atoms with E-state index in [0.29, 0.717) is 19.5 Å². The van der Waals surface area contributed by atoms with E-state index in [2.05, 4.69) is 29.6 Å². The third-order valence-electron chi connectivity index (χ3n) is 6.10. The topological polar surface area (TPSA) is 75.4 Å². The van der Waals surface area contributed by atoms with E-state index in [0.717, 1.165) is 12.8 Å². The van der Waals surface area contributed by atoms with Crippen molar-refractivity contribution in [2.75, 3.05) is 0 Å². The summed E-state index contributed by atoms with van der Waals surface area (Å²) in [6.07, 6.45) is 5.75. The highest BCUT2D eigenvalue weighted by atomic mass is 16.2. The predicted molar refractivity (Wildman–Crippen MR) is 124 cm³/mol. The van der Waals surface area contributed by atoms with Crippen LogP contribution < -0.4 is 11.1 Å². The lowest BCUT2D eigenvalue weighted by Gasteiger charge is -2.22. The molecule has 0 aromatic heterocycles. The number of amides is 2. The maximum Gasteiger partial charge on any atom is 0.246 e. The molecule has 0 saturated carbocycles. The van der Waals surface area contributed by atoms with Gasteiger partial charge in [-0.05, 0) is 35.4 Å². The molecule has 3 atom stereocenters. The van der Waals surface area contributed by atoms with Crippen molar-refractivity contribution in [1.82, 2.24) is 10.2 Å². The SMILES string of the molecule is CC[C@H](C)[C@H](N)C(=O)N[C@H](C=CC(=O)N1Cc2ccccc2C1)CCc1ccccc1. The van der Waals surface area contributed by atoms with Crippen LogP contribution in [0.2, 0.25) is 0 Å². The lowest BCUT2D eigenvalue weighted by molar-refractivity contribution is -0.127. The number of rotatable bonds is 9. The molecule has 2 aromatic rings. The Balaban J connectivity index is 1.65. The molecule has 2 amide bonds. The van der Waals surface area contributed by atoms with Crippen molar-refractivity contribution in [3.05, 3.63) is 83.4 Å². The van der Waals surface area contributed by atoms with Gasteiger partial charge in [0.2, 0.25) is 11.8 Å². The largest absolute Gasteiger partial charge is 0.349 e. The van der Waals surface area contributed by atoms with Crippen LogP contribution in [0, 0.1) is 5.92 Å². The summed E-state index contributed by atoms with van der Waals surface area (Å²) in [6.45, 7) is 5.25. The first-order chi connectivity index (χ1) is 15.0. The molecule has 0 fully saturated rings. The second-order valence-corrected chi connectivity index (χ2v) is 8.37. The van der Waals surface area contributed by atoms with E-state index in [-0.39, 0.29) is 23.8 Å². The zero-order chi connectivity index (χ0) is 22.2. The number of fused-ring (bicyclic) bond motifs is 1. The average molecular weight is 420 g/mol. The maximum absolute atomic E-state index is 12.8. The molecule has 2 aromatic carbocycles. The smallest absolute Gasteiger partial charge is 0.246 e. The van der Waals surface area contributed by atoms with Crippen LogP contribution in [0.4, 0.5) is 0 Å². The van der Waals surface area contributed by atoms with E-state index in [1.165, 1.54) is 16.7 Å². The Hall–Kier alpha value is -2.92. The molecule has 3 rings (SSSR count). The van der Waals surface area contributed by atoms with Gasteiger partial charge in [0.05, 0.1) is 6.04 Å². The molecule has 0 bridgehead atoms. The molecular weight excluding hydrogens is 386 g/mol. The van der Waals surface area contributed by atoms with Crippen molar-refractivity contribution in [3.63, 3.8) is 0 Å². The van der Waals surface area contributed by atoms with Gasteiger partial charge in [-0.1, -0.05) is 80.9 Å². The van der Waals surface area contributed by atoms with E-state index in [9.17, 15) is 9.59 Å². The molecule has 1 aliphatic heterocycles. The monoisotopic (exact) mass is 419 g/mol. The van der Waals surface area contributed by atoms with Crippen LogP contribution in [-0.4, -0.2) is 28.8 Å². The Labute approximate surface area is 185 Å². The fourth-order valence-electron chi connectivity index (χ4n) is 3.77. The van der Waals surface area contributed by atoms with E-state index in [4.69, 9.17) is 5.73 Å². The van der Waals surface area contributed by atoms with Crippen LogP contribution in [0.1, 0.15) is 43.4 Å². The molecule has 31 heavy (non-hydrogen) atoms. The van der Waals surface area contributed by atoms with Crippen molar-refractivity contribution in [2.45, 2.75) is 58.3 Å². The van der Waals surface area contributed by atoms with Crippen molar-refractivity contribution in [1.29, 1.82) is 0 Å². The van der Waals surface area contributed by atoms with Crippen LogP contribution in [0.15, 0.2) is 66.7 Å². The Morgan fingerprint density at radius 2 is 1.68 bits per heavy atom. The fraction of sp³-hybridized carbons (Fsp3) is 0.385. The summed E-state index contributed by atoms with van der Waals surface area (Å²) in [4.78, 5) is 27.2. The van der Waals surface area contributed by atoms with Crippen molar-refractivity contribution < 1.29 is 9.59 Å². The highest BCUT2D eigenvalue weighted by Gasteiger charge is 2.23. The molecule has 1 heterocycles. The van der Waals surface area contributed by atoms with Gasteiger partial charge in [0, 0.05) is 25.2 Å². The number of hydrogen-bond acceptors (Lipinski definition) is 3. The Bertz CT molecular complexity index is 885. The van der Waals surface area contributed by atoms with Crippen molar-refractivity contribution in [3.8, 4) is 0 Å². The fourth-order valence-corrected chi connectivity index (χ4v) is 3.77. The first-order valence-electron chi connectivity index (χ1n) is 11.1. The number of nitrogens with two attached hydrogens (primary N) is 1. The van der Waals surface area contributed by atoms with Gasteiger partial charge >= 0.3 is 0 Å². The average Bonchev–Trinajstić information content (AvgIpc) is 3.24. The molecule has 0 saturated heterocycles. The van der Waals surface area contributed by atoms with Crippen LogP contribution in [0.3, 0.4) is 0 Å². The molecular formula is C26H33N3O2. The Morgan fingerprint density at radius 3 is 2.29 bits per heavy atom. The van der Waals surface area contributed by atoms with E-state index in [1.54, 1.807) is 6.08 Å². The lowest BCUT2D eigenvalue weighted by Crippen LogP contribution is -2.48. The van der Waals surface area contributed by atoms with Gasteiger partial charge in [-0.15, -0.1) is 0 Å². The Kier molecular flexibility index (Phi) is 8.01. The summed E-state index contributed by atoms with van der Waals surface area (Å²) in [5.74, 6) is -0.108. The number of benzene rings is 2. The molecule has 0 aliphatic carbocycles. The minimum absolute atomic E-state index is 0.0404. The van der Waals surface area contributed by atoms with E-state index >= 15 is 0 Å². The zero-order valence-electron chi connectivity index (χ0n) is 18.5. The van der Waals surface area contributed by atoms with Crippen molar-refractivity contribution >= 4 is 11.8 Å². The normalized spacial score (nSPS) is 16.0. The molecule has 0 unspecified atom stereocenters. The number of carbonyl (C=O) groups excluding carboxylic acids is 2. The molecule has 5 heteroatoms. The number of carbonyl (C=O) groups is 2. The molecule has 1 aliphatic rings. The Morgan fingerprint density at radius 1 is 1.06 bits per heavy atom. The summed E-state index contributed by atoms with van der Waals surface area (Å²) in [5.41, 5.74) is 9.70. The van der Waals surface area contributed by atoms with Crippen LogP contribution in [-0.2, 0) is 29.1 Å². The second kappa shape index (κ2) is 10.9. The van der Waals surface area contributed by atoms with E-state index in [1.807, 2.05) is 55.2 Å². The van der Waals surface area contributed by atoms with Gasteiger partial charge in [-0.3, -0.25) is 9.59 Å². The molecule has 164 valence electrons. The summed E-state index contributed by atoms with van der Waals surface area (Å²) in [5, 5.41) is 3.04. The van der Waals surface area contributed by atoms with Crippen LogP contribution in [0.25, 0.3) is 0 Å². The van der Waals surface area contributed by atoms with Gasteiger partial charge in [-0.25, -0.2) is 0 Å². The summed E-state index contributed by atoms with van der Waals surface area (Å²) < 4.78 is 0. The first-order valence-corrected chi connectivity index (χ1v) is 11.1. The van der Waals surface area contributed by atoms with Gasteiger partial charge < -0.3 is 16.0 Å². The molecule has 0 radical (unpaired) electrons. The first kappa shape index (κ1) is 22.8. The minimum Gasteiger partial charge on any atom is -0.349 e. The standard InChI is InChI=1S/C26H33N3O2/c1-3-19(2)25(27)26(31)28-23(14-13-20-9-5-4-6-10-20)15-16-24(30)29-17-21-11-7-8-12-22(21)18-29/h4-12,15-16,19,23,25H,3,13-14,17-18,27H2,1-2H3,(H,28,31)/t19-,23-,25-/m0/s1.